The molecule has 59 valence electrons. The van der Waals surface area contributed by atoms with E-state index in [0.717, 1.165) is 12.6 Å². The van der Waals surface area contributed by atoms with Gasteiger partial charge in [-0.15, -0.1) is 0 Å². The van der Waals surface area contributed by atoms with Gasteiger partial charge < -0.3 is 4.90 Å². The van der Waals surface area contributed by atoms with Crippen LogP contribution in [-0.4, -0.2) is 24.0 Å². The number of nitrogens with zero attached hydrogens (tertiary/aromatic N) is 1. The highest BCUT2D eigenvalue weighted by atomic mass is 15.1. The van der Waals surface area contributed by atoms with E-state index in [2.05, 4.69) is 18.7 Å². The van der Waals surface area contributed by atoms with Gasteiger partial charge in [0, 0.05) is 6.04 Å². The Morgan fingerprint density at radius 3 is 2.40 bits per heavy atom. The van der Waals surface area contributed by atoms with Gasteiger partial charge in [0.2, 0.25) is 0 Å². The van der Waals surface area contributed by atoms with Crippen LogP contribution in [0.3, 0.4) is 0 Å². The van der Waals surface area contributed by atoms with Crippen LogP contribution in [0.1, 0.15) is 32.6 Å². The molecule has 0 heterocycles. The van der Waals surface area contributed by atoms with E-state index in [0.29, 0.717) is 0 Å². The van der Waals surface area contributed by atoms with Crippen molar-refractivity contribution < 1.29 is 0 Å². The molecule has 0 spiro atoms. The summed E-state index contributed by atoms with van der Waals surface area (Å²) < 4.78 is 0. The molecule has 1 rings (SSSR count). The van der Waals surface area contributed by atoms with Gasteiger partial charge in [0.1, 0.15) is 0 Å². The van der Waals surface area contributed by atoms with Crippen molar-refractivity contribution in [1.29, 1.82) is 0 Å². The summed E-state index contributed by atoms with van der Waals surface area (Å²) in [5.41, 5.74) is 0. The highest BCUT2D eigenvalue weighted by Gasteiger charge is 2.19. The maximum atomic E-state index is 3.93. The van der Waals surface area contributed by atoms with Crippen molar-refractivity contribution in [2.45, 2.75) is 38.6 Å². The van der Waals surface area contributed by atoms with Crippen LogP contribution in [-0.2, 0) is 0 Å². The van der Waals surface area contributed by atoms with Crippen LogP contribution in [0.25, 0.3) is 0 Å². The first-order valence-electron chi connectivity index (χ1n) is 4.41. The Bertz CT molecular complexity index is 80.7. The van der Waals surface area contributed by atoms with Crippen LogP contribution < -0.4 is 0 Å². The van der Waals surface area contributed by atoms with E-state index in [9.17, 15) is 0 Å². The van der Waals surface area contributed by atoms with Gasteiger partial charge in [0.05, 0.1) is 0 Å². The smallest absolute Gasteiger partial charge is 0.00951 e. The molecular formula is C9H18N. The predicted molar refractivity (Wildman–Crippen MR) is 44.9 cm³/mol. The topological polar surface area (TPSA) is 3.24 Å². The minimum Gasteiger partial charge on any atom is -0.301 e. The van der Waals surface area contributed by atoms with Crippen molar-refractivity contribution in [2.24, 2.45) is 0 Å². The molecule has 0 aromatic heterocycles. The van der Waals surface area contributed by atoms with E-state index in [1.165, 1.54) is 32.2 Å². The molecule has 0 saturated heterocycles. The zero-order valence-corrected chi connectivity index (χ0v) is 6.97. The Labute approximate surface area is 64.4 Å². The normalized spacial score (nSPS) is 20.7. The molecule has 0 atom stereocenters. The summed E-state index contributed by atoms with van der Waals surface area (Å²) in [6.07, 6.45) is 5.68. The molecule has 1 fully saturated rings. The van der Waals surface area contributed by atoms with E-state index in [4.69, 9.17) is 0 Å². The maximum absolute atomic E-state index is 3.93. The molecule has 0 aromatic rings. The first kappa shape index (κ1) is 8.06. The van der Waals surface area contributed by atoms with Gasteiger partial charge in [0.25, 0.3) is 0 Å². The standard InChI is InChI=1S/C9H18N/c1-3-10(4-2)9-7-5-6-8-9/h9H,1,3-8H2,2H3. The summed E-state index contributed by atoms with van der Waals surface area (Å²) in [5, 5.41) is 0. The summed E-state index contributed by atoms with van der Waals surface area (Å²) in [5.74, 6) is 0. The average molecular weight is 140 g/mol. The van der Waals surface area contributed by atoms with E-state index in [1.807, 2.05) is 0 Å². The Morgan fingerprint density at radius 2 is 2.00 bits per heavy atom. The summed E-state index contributed by atoms with van der Waals surface area (Å²) in [7, 11) is 0. The predicted octanol–water partition coefficient (Wildman–Crippen LogP) is 2.08. The van der Waals surface area contributed by atoms with Gasteiger partial charge in [0.15, 0.2) is 0 Å². The van der Waals surface area contributed by atoms with Crippen LogP contribution in [0, 0.1) is 6.92 Å². The third-order valence-electron chi connectivity index (χ3n) is 2.53. The molecule has 1 radical (unpaired) electrons. The Morgan fingerprint density at radius 1 is 1.40 bits per heavy atom. The van der Waals surface area contributed by atoms with Crippen molar-refractivity contribution in [2.75, 3.05) is 13.1 Å². The summed E-state index contributed by atoms with van der Waals surface area (Å²) in [6, 6.07) is 0.863. The lowest BCUT2D eigenvalue weighted by Crippen LogP contribution is -2.32. The first-order chi connectivity index (χ1) is 4.88. The summed E-state index contributed by atoms with van der Waals surface area (Å²) in [6.45, 7) is 8.32. The van der Waals surface area contributed by atoms with Gasteiger partial charge in [-0.25, -0.2) is 0 Å². The minimum atomic E-state index is 0.863. The molecule has 1 nitrogen and oxygen atoms in total. The van der Waals surface area contributed by atoms with Crippen LogP contribution in [0.2, 0.25) is 0 Å². The van der Waals surface area contributed by atoms with Gasteiger partial charge in [-0.05, 0) is 32.9 Å². The van der Waals surface area contributed by atoms with Gasteiger partial charge in [-0.3, -0.25) is 0 Å². The third-order valence-corrected chi connectivity index (χ3v) is 2.53. The molecule has 0 N–H and O–H groups in total. The van der Waals surface area contributed by atoms with Gasteiger partial charge in [-0.1, -0.05) is 19.8 Å². The molecule has 0 aliphatic heterocycles. The van der Waals surface area contributed by atoms with Crippen LogP contribution >= 0.6 is 0 Å². The number of hydrogen-bond donors (Lipinski definition) is 0. The van der Waals surface area contributed by atoms with Crippen LogP contribution in [0.4, 0.5) is 0 Å². The van der Waals surface area contributed by atoms with Crippen molar-refractivity contribution in [1.82, 2.24) is 4.90 Å². The maximum Gasteiger partial charge on any atom is 0.00951 e. The zero-order valence-electron chi connectivity index (χ0n) is 6.97. The van der Waals surface area contributed by atoms with Crippen molar-refractivity contribution in [3.63, 3.8) is 0 Å². The lowest BCUT2D eigenvalue weighted by Gasteiger charge is -2.25. The average Bonchev–Trinajstić information content (AvgIpc) is 2.43. The minimum absolute atomic E-state index is 0.863. The van der Waals surface area contributed by atoms with Crippen molar-refractivity contribution in [3.8, 4) is 0 Å². The molecule has 1 saturated carbocycles. The number of hydrogen-bond acceptors (Lipinski definition) is 1. The van der Waals surface area contributed by atoms with Crippen LogP contribution in [0.5, 0.6) is 0 Å². The highest BCUT2D eigenvalue weighted by molar-refractivity contribution is 4.76. The fraction of sp³-hybridized carbons (Fsp3) is 0.889. The Kier molecular flexibility index (Phi) is 3.20. The van der Waals surface area contributed by atoms with Crippen molar-refractivity contribution >= 4 is 0 Å². The number of rotatable bonds is 3. The second-order valence-electron chi connectivity index (χ2n) is 3.07. The zero-order chi connectivity index (χ0) is 7.40. The fourth-order valence-electron chi connectivity index (χ4n) is 1.87. The molecule has 1 heteroatoms. The first-order valence-corrected chi connectivity index (χ1v) is 4.41. The van der Waals surface area contributed by atoms with E-state index < -0.39 is 0 Å². The quantitative estimate of drug-likeness (QED) is 0.580. The summed E-state index contributed by atoms with van der Waals surface area (Å²) >= 11 is 0. The van der Waals surface area contributed by atoms with E-state index >= 15 is 0 Å². The van der Waals surface area contributed by atoms with E-state index in [-0.39, 0.29) is 0 Å². The van der Waals surface area contributed by atoms with Gasteiger partial charge in [-0.2, -0.15) is 0 Å². The van der Waals surface area contributed by atoms with Gasteiger partial charge >= 0.3 is 0 Å². The monoisotopic (exact) mass is 140 g/mol. The molecular weight excluding hydrogens is 122 g/mol. The Hall–Kier alpha value is -0.0400. The molecule has 0 aromatic carbocycles. The lowest BCUT2D eigenvalue weighted by molar-refractivity contribution is 0.231. The Balaban J connectivity index is 2.29. The van der Waals surface area contributed by atoms with E-state index in [1.54, 1.807) is 0 Å². The molecule has 1 aliphatic carbocycles. The third kappa shape index (κ3) is 1.72. The lowest BCUT2D eigenvalue weighted by atomic mass is 10.2. The SMILES string of the molecule is [CH2]CN(CC)C1CCCC1. The molecule has 1 aliphatic rings. The highest BCUT2D eigenvalue weighted by Crippen LogP contribution is 2.22. The van der Waals surface area contributed by atoms with Crippen LogP contribution in [0.15, 0.2) is 0 Å². The molecule has 0 unspecified atom stereocenters. The molecule has 0 bridgehead atoms. The fourth-order valence-corrected chi connectivity index (χ4v) is 1.87. The summed E-state index contributed by atoms with van der Waals surface area (Å²) in [4.78, 5) is 2.48. The second-order valence-corrected chi connectivity index (χ2v) is 3.07. The second kappa shape index (κ2) is 3.97. The molecule has 10 heavy (non-hydrogen) atoms. The molecule has 0 amide bonds. The van der Waals surface area contributed by atoms with Crippen molar-refractivity contribution in [3.05, 3.63) is 6.92 Å². The largest absolute Gasteiger partial charge is 0.301 e.